The maximum Gasteiger partial charge on any atom is 0.254 e. The summed E-state index contributed by atoms with van der Waals surface area (Å²) < 4.78 is 16.5. The van der Waals surface area contributed by atoms with Gasteiger partial charge in [-0.05, 0) is 37.4 Å². The first-order chi connectivity index (χ1) is 15.4. The van der Waals surface area contributed by atoms with Crippen LogP contribution in [0.15, 0.2) is 34.2 Å². The molecule has 32 heavy (non-hydrogen) atoms. The van der Waals surface area contributed by atoms with E-state index in [0.29, 0.717) is 66.5 Å². The van der Waals surface area contributed by atoms with Crippen LogP contribution in [0.25, 0.3) is 10.7 Å². The van der Waals surface area contributed by atoms with Crippen LogP contribution < -0.4 is 9.47 Å². The first-order valence-corrected chi connectivity index (χ1v) is 11.6. The predicted molar refractivity (Wildman–Crippen MR) is 123 cm³/mol. The number of carbonyl (C=O) groups is 1. The van der Waals surface area contributed by atoms with Gasteiger partial charge in [0, 0.05) is 31.7 Å². The number of hydrogen-bond acceptors (Lipinski definition) is 8. The minimum Gasteiger partial charge on any atom is -0.493 e. The molecule has 0 saturated carbocycles. The topological polar surface area (TPSA) is 80.9 Å². The number of carbonyl (C=O) groups excluding carboxylic acids is 1. The van der Waals surface area contributed by atoms with Crippen LogP contribution in [-0.2, 0) is 6.54 Å². The number of piperazine rings is 1. The van der Waals surface area contributed by atoms with Crippen LogP contribution in [0, 0.1) is 0 Å². The minimum absolute atomic E-state index is 0.0590. The Morgan fingerprint density at radius 3 is 2.72 bits per heavy atom. The number of methoxy groups -OCH3 is 1. The van der Waals surface area contributed by atoms with Gasteiger partial charge >= 0.3 is 0 Å². The van der Waals surface area contributed by atoms with Crippen molar-refractivity contribution in [1.29, 1.82) is 0 Å². The van der Waals surface area contributed by atoms with Crippen molar-refractivity contribution in [3.8, 4) is 22.2 Å². The lowest BCUT2D eigenvalue weighted by atomic mass is 10.1. The fraction of sp³-hybridized carbons (Fsp3) is 0.409. The first-order valence-electron chi connectivity index (χ1n) is 10.4. The van der Waals surface area contributed by atoms with Crippen LogP contribution in [0.4, 0.5) is 0 Å². The highest BCUT2D eigenvalue weighted by molar-refractivity contribution is 7.13. The zero-order chi connectivity index (χ0) is 22.7. The molecule has 1 aliphatic heterocycles. The van der Waals surface area contributed by atoms with Crippen molar-refractivity contribution >= 4 is 28.8 Å². The number of halogens is 1. The molecule has 0 N–H and O–H groups in total. The van der Waals surface area contributed by atoms with Crippen LogP contribution in [-0.4, -0.2) is 65.2 Å². The number of amides is 1. The highest BCUT2D eigenvalue weighted by Crippen LogP contribution is 2.37. The van der Waals surface area contributed by atoms with Crippen molar-refractivity contribution in [2.75, 3.05) is 33.3 Å². The summed E-state index contributed by atoms with van der Waals surface area (Å²) in [5.74, 6) is 2.00. The number of thiophene rings is 1. The summed E-state index contributed by atoms with van der Waals surface area (Å²) in [5.41, 5.74) is 0.480. The molecule has 1 aromatic carbocycles. The first kappa shape index (κ1) is 22.6. The Morgan fingerprint density at radius 2 is 2.06 bits per heavy atom. The predicted octanol–water partition coefficient (Wildman–Crippen LogP) is 4.21. The van der Waals surface area contributed by atoms with Gasteiger partial charge in [0.2, 0.25) is 11.7 Å². The van der Waals surface area contributed by atoms with E-state index >= 15 is 0 Å². The highest BCUT2D eigenvalue weighted by Gasteiger charge is 2.25. The van der Waals surface area contributed by atoms with Gasteiger partial charge in [0.05, 0.1) is 29.7 Å². The summed E-state index contributed by atoms with van der Waals surface area (Å²) in [6.45, 7) is 6.98. The van der Waals surface area contributed by atoms with Gasteiger partial charge in [-0.2, -0.15) is 4.98 Å². The monoisotopic (exact) mass is 476 g/mol. The molecular weight excluding hydrogens is 452 g/mol. The lowest BCUT2D eigenvalue weighted by Crippen LogP contribution is -2.48. The molecule has 3 aromatic rings. The van der Waals surface area contributed by atoms with Crippen LogP contribution in [0.2, 0.25) is 5.02 Å². The maximum atomic E-state index is 13.1. The Hall–Kier alpha value is -2.62. The molecular formula is C22H25ClN4O4S. The van der Waals surface area contributed by atoms with E-state index in [4.69, 9.17) is 25.6 Å². The number of ether oxygens (including phenoxy) is 2. The van der Waals surface area contributed by atoms with Crippen LogP contribution >= 0.6 is 22.9 Å². The Balaban J connectivity index is 1.37. The molecule has 0 unspecified atom stereocenters. The van der Waals surface area contributed by atoms with E-state index < -0.39 is 0 Å². The molecule has 3 heterocycles. The summed E-state index contributed by atoms with van der Waals surface area (Å²) in [6.07, 6.45) is -0.0590. The molecule has 1 amide bonds. The van der Waals surface area contributed by atoms with E-state index in [1.807, 2.05) is 36.3 Å². The SMILES string of the molecule is COc1cc(C(=O)N2CCN(Cc3nc(-c4cccs4)no3)CC2)cc(Cl)c1OC(C)C. The summed E-state index contributed by atoms with van der Waals surface area (Å²) in [6, 6.07) is 7.25. The molecule has 10 heteroatoms. The van der Waals surface area contributed by atoms with E-state index in [1.54, 1.807) is 23.5 Å². The zero-order valence-electron chi connectivity index (χ0n) is 18.2. The van der Waals surface area contributed by atoms with Crippen molar-refractivity contribution < 1.29 is 18.8 Å². The second-order valence-electron chi connectivity index (χ2n) is 7.71. The Labute approximate surface area is 195 Å². The van der Waals surface area contributed by atoms with E-state index in [2.05, 4.69) is 15.0 Å². The Bertz CT molecular complexity index is 1060. The van der Waals surface area contributed by atoms with E-state index in [9.17, 15) is 4.79 Å². The van der Waals surface area contributed by atoms with Gasteiger partial charge < -0.3 is 18.9 Å². The van der Waals surface area contributed by atoms with Crippen molar-refractivity contribution in [2.45, 2.75) is 26.5 Å². The molecule has 0 aliphatic carbocycles. The van der Waals surface area contributed by atoms with Gasteiger partial charge in [-0.3, -0.25) is 9.69 Å². The Morgan fingerprint density at radius 1 is 1.28 bits per heavy atom. The number of rotatable bonds is 7. The van der Waals surface area contributed by atoms with Crippen LogP contribution in [0.5, 0.6) is 11.5 Å². The molecule has 0 bridgehead atoms. The van der Waals surface area contributed by atoms with Gasteiger partial charge in [0.1, 0.15) is 0 Å². The molecule has 4 rings (SSSR count). The second kappa shape index (κ2) is 9.89. The van der Waals surface area contributed by atoms with Gasteiger partial charge in [-0.15, -0.1) is 11.3 Å². The quantitative estimate of drug-likeness (QED) is 0.505. The molecule has 1 fully saturated rings. The summed E-state index contributed by atoms with van der Waals surface area (Å²) in [4.78, 5) is 22.5. The third kappa shape index (κ3) is 5.06. The maximum absolute atomic E-state index is 13.1. The Kier molecular flexibility index (Phi) is 6.98. The van der Waals surface area contributed by atoms with Crippen molar-refractivity contribution in [1.82, 2.24) is 19.9 Å². The molecule has 0 atom stereocenters. The van der Waals surface area contributed by atoms with E-state index in [-0.39, 0.29) is 12.0 Å². The average molecular weight is 477 g/mol. The minimum atomic E-state index is -0.0845. The molecule has 2 aromatic heterocycles. The standard InChI is InChI=1S/C22H25ClN4O4S/c1-14(2)30-20-16(23)11-15(12-17(20)29-3)22(28)27-8-6-26(7-9-27)13-19-24-21(25-31-19)18-5-4-10-32-18/h4-5,10-12,14H,6-9,13H2,1-3H3. The molecule has 1 saturated heterocycles. The van der Waals surface area contributed by atoms with Gasteiger partial charge in [-0.1, -0.05) is 22.8 Å². The number of hydrogen-bond donors (Lipinski definition) is 0. The zero-order valence-corrected chi connectivity index (χ0v) is 19.8. The molecule has 170 valence electrons. The highest BCUT2D eigenvalue weighted by atomic mass is 35.5. The van der Waals surface area contributed by atoms with Crippen molar-refractivity contribution in [3.63, 3.8) is 0 Å². The van der Waals surface area contributed by atoms with Gasteiger partial charge in [0.15, 0.2) is 11.5 Å². The lowest BCUT2D eigenvalue weighted by Gasteiger charge is -2.34. The van der Waals surface area contributed by atoms with Gasteiger partial charge in [0.25, 0.3) is 5.91 Å². The van der Waals surface area contributed by atoms with Crippen molar-refractivity contribution in [2.24, 2.45) is 0 Å². The fourth-order valence-corrected chi connectivity index (χ4v) is 4.41. The number of aromatic nitrogens is 2. The smallest absolute Gasteiger partial charge is 0.254 e. The number of benzene rings is 1. The third-order valence-corrected chi connectivity index (χ3v) is 6.20. The molecule has 8 nitrogen and oxygen atoms in total. The molecule has 0 spiro atoms. The molecule has 1 aliphatic rings. The average Bonchev–Trinajstić information content (AvgIpc) is 3.47. The second-order valence-corrected chi connectivity index (χ2v) is 9.07. The van der Waals surface area contributed by atoms with E-state index in [0.717, 1.165) is 4.88 Å². The molecule has 0 radical (unpaired) electrons. The van der Waals surface area contributed by atoms with Gasteiger partial charge in [-0.25, -0.2) is 0 Å². The van der Waals surface area contributed by atoms with Crippen molar-refractivity contribution in [3.05, 3.63) is 46.1 Å². The normalized spacial score (nSPS) is 14.7. The third-order valence-electron chi connectivity index (χ3n) is 5.06. The fourth-order valence-electron chi connectivity index (χ4n) is 3.50. The lowest BCUT2D eigenvalue weighted by molar-refractivity contribution is 0.0614. The summed E-state index contributed by atoms with van der Waals surface area (Å²) in [5, 5.41) is 6.40. The number of nitrogens with zero attached hydrogens (tertiary/aromatic N) is 4. The summed E-state index contributed by atoms with van der Waals surface area (Å²) >= 11 is 7.96. The largest absolute Gasteiger partial charge is 0.493 e. The van der Waals surface area contributed by atoms with Crippen LogP contribution in [0.3, 0.4) is 0 Å². The summed E-state index contributed by atoms with van der Waals surface area (Å²) in [7, 11) is 1.53. The van der Waals surface area contributed by atoms with E-state index in [1.165, 1.54) is 7.11 Å². The van der Waals surface area contributed by atoms with Crippen LogP contribution in [0.1, 0.15) is 30.1 Å².